The molecule has 0 saturated heterocycles. The van der Waals surface area contributed by atoms with Crippen molar-refractivity contribution in [3.63, 3.8) is 0 Å². The molecule has 2 atom stereocenters. The van der Waals surface area contributed by atoms with E-state index < -0.39 is 24.1 Å². The van der Waals surface area contributed by atoms with E-state index in [1.54, 1.807) is 48.5 Å². The van der Waals surface area contributed by atoms with E-state index in [1.165, 1.54) is 0 Å². The van der Waals surface area contributed by atoms with Crippen molar-refractivity contribution in [3.05, 3.63) is 139 Å². The summed E-state index contributed by atoms with van der Waals surface area (Å²) in [4.78, 5) is 26.5. The van der Waals surface area contributed by atoms with Gasteiger partial charge in [0.2, 0.25) is 0 Å². The van der Waals surface area contributed by atoms with Gasteiger partial charge in [-0.3, -0.25) is 0 Å². The fourth-order valence-electron chi connectivity index (χ4n) is 5.42. The number of esters is 2. The molecule has 4 aromatic carbocycles. The third-order valence-corrected chi connectivity index (χ3v) is 7.91. The molecule has 6 heteroatoms. The van der Waals surface area contributed by atoms with Crippen molar-refractivity contribution in [2.24, 2.45) is 0 Å². The van der Waals surface area contributed by atoms with Gasteiger partial charge in [0, 0.05) is 8.95 Å². The van der Waals surface area contributed by atoms with E-state index in [0.717, 1.165) is 31.2 Å². The number of carbonyl (C=O) groups excluding carboxylic acids is 2. The standard InChI is InChI=1S/C30H20Br2O4/c31-19-11-13-21-23(15-19)26-24-16-20(32)12-14-22(24)25(21)27(35-29(33)17-7-3-1-4-8-17)28(26)36-30(34)18-9-5-2-6-10-18/h1-16,25-28H. The Morgan fingerprint density at radius 1 is 0.528 bits per heavy atom. The molecule has 0 spiro atoms. The maximum absolute atomic E-state index is 13.3. The largest absolute Gasteiger partial charge is 0.454 e. The van der Waals surface area contributed by atoms with E-state index in [2.05, 4.69) is 56.1 Å². The van der Waals surface area contributed by atoms with E-state index in [4.69, 9.17) is 9.47 Å². The van der Waals surface area contributed by atoms with Crippen LogP contribution in [-0.4, -0.2) is 24.1 Å². The first-order chi connectivity index (χ1) is 17.5. The average molecular weight is 604 g/mol. The van der Waals surface area contributed by atoms with Gasteiger partial charge in [0.15, 0.2) is 12.2 Å². The van der Waals surface area contributed by atoms with Crippen LogP contribution in [0.3, 0.4) is 0 Å². The molecule has 0 aliphatic heterocycles. The molecule has 0 saturated carbocycles. The summed E-state index contributed by atoms with van der Waals surface area (Å²) in [6.45, 7) is 0. The second-order valence-corrected chi connectivity index (χ2v) is 10.8. The van der Waals surface area contributed by atoms with Crippen LogP contribution in [0.4, 0.5) is 0 Å². The molecule has 2 bridgehead atoms. The lowest BCUT2D eigenvalue weighted by atomic mass is 9.61. The Balaban J connectivity index is 1.49. The Kier molecular flexibility index (Phi) is 6.02. The van der Waals surface area contributed by atoms with Crippen LogP contribution >= 0.6 is 31.9 Å². The number of halogens is 2. The topological polar surface area (TPSA) is 52.6 Å². The number of fused-ring (bicyclic) bond motifs is 1. The van der Waals surface area contributed by atoms with Gasteiger partial charge in [-0.15, -0.1) is 0 Å². The summed E-state index contributed by atoms with van der Waals surface area (Å²) < 4.78 is 14.3. The lowest BCUT2D eigenvalue weighted by Gasteiger charge is -2.49. The number of hydrogen-bond acceptors (Lipinski definition) is 4. The molecule has 3 aliphatic carbocycles. The van der Waals surface area contributed by atoms with E-state index in [1.807, 2.05) is 24.3 Å². The third kappa shape index (κ3) is 3.98. The monoisotopic (exact) mass is 602 g/mol. The highest BCUT2D eigenvalue weighted by Gasteiger charge is 2.54. The van der Waals surface area contributed by atoms with Gasteiger partial charge in [-0.2, -0.15) is 0 Å². The van der Waals surface area contributed by atoms with Crippen molar-refractivity contribution in [1.82, 2.24) is 0 Å². The van der Waals surface area contributed by atoms with Gasteiger partial charge in [-0.25, -0.2) is 9.59 Å². The normalized spacial score (nSPS) is 21.3. The predicted molar refractivity (Wildman–Crippen MR) is 143 cm³/mol. The third-order valence-electron chi connectivity index (χ3n) is 6.92. The smallest absolute Gasteiger partial charge is 0.338 e. The summed E-state index contributed by atoms with van der Waals surface area (Å²) in [5.41, 5.74) is 5.21. The Labute approximate surface area is 225 Å². The molecule has 178 valence electrons. The van der Waals surface area contributed by atoms with Crippen LogP contribution in [0.1, 0.15) is 54.8 Å². The molecule has 7 rings (SSSR count). The molecule has 0 aromatic heterocycles. The van der Waals surface area contributed by atoms with Crippen molar-refractivity contribution >= 4 is 43.8 Å². The first-order valence-electron chi connectivity index (χ1n) is 11.6. The van der Waals surface area contributed by atoms with Gasteiger partial charge in [0.25, 0.3) is 0 Å². The maximum atomic E-state index is 13.3. The van der Waals surface area contributed by atoms with Gasteiger partial charge in [0.05, 0.1) is 23.0 Å². The van der Waals surface area contributed by atoms with E-state index >= 15 is 0 Å². The summed E-state index contributed by atoms with van der Waals surface area (Å²) in [5.74, 6) is -1.45. The molecule has 3 aliphatic rings. The van der Waals surface area contributed by atoms with Gasteiger partial charge in [-0.05, 0) is 70.8 Å². The Morgan fingerprint density at radius 3 is 1.33 bits per heavy atom. The number of hydrogen-bond donors (Lipinski definition) is 0. The van der Waals surface area contributed by atoms with E-state index in [9.17, 15) is 9.59 Å². The fourth-order valence-corrected chi connectivity index (χ4v) is 6.18. The molecule has 0 amide bonds. The first kappa shape index (κ1) is 23.2. The summed E-state index contributed by atoms with van der Waals surface area (Å²) in [6.07, 6.45) is -1.38. The SMILES string of the molecule is O=C(OC1C2c3ccc(Br)cc3C(c3cc(Br)ccc32)C1OC(=O)c1ccccc1)c1ccccc1. The van der Waals surface area contributed by atoms with Gasteiger partial charge in [-0.1, -0.05) is 80.4 Å². The second kappa shape index (κ2) is 9.34. The first-order valence-corrected chi connectivity index (χ1v) is 13.2. The van der Waals surface area contributed by atoms with Crippen LogP contribution in [0.15, 0.2) is 106 Å². The van der Waals surface area contributed by atoms with E-state index in [0.29, 0.717) is 11.1 Å². The molecule has 0 fully saturated rings. The average Bonchev–Trinajstić information content (AvgIpc) is 2.90. The van der Waals surface area contributed by atoms with Crippen LogP contribution in [0, 0.1) is 0 Å². The number of rotatable bonds is 4. The van der Waals surface area contributed by atoms with Crippen LogP contribution in [0.25, 0.3) is 0 Å². The quantitative estimate of drug-likeness (QED) is 0.231. The van der Waals surface area contributed by atoms with Crippen molar-refractivity contribution in [2.45, 2.75) is 24.0 Å². The highest BCUT2D eigenvalue weighted by Crippen LogP contribution is 2.55. The van der Waals surface area contributed by atoms with Crippen molar-refractivity contribution in [1.29, 1.82) is 0 Å². The minimum absolute atomic E-state index is 0.276. The number of benzene rings is 4. The highest BCUT2D eigenvalue weighted by atomic mass is 79.9. The molecule has 4 aromatic rings. The lowest BCUT2D eigenvalue weighted by molar-refractivity contribution is -0.0557. The van der Waals surface area contributed by atoms with Crippen LogP contribution in [0.2, 0.25) is 0 Å². The molecule has 0 heterocycles. The summed E-state index contributed by atoms with van der Waals surface area (Å²) in [5, 5.41) is 0. The van der Waals surface area contributed by atoms with Gasteiger partial charge >= 0.3 is 11.9 Å². The highest BCUT2D eigenvalue weighted by molar-refractivity contribution is 9.10. The van der Waals surface area contributed by atoms with Gasteiger partial charge in [0.1, 0.15) is 0 Å². The zero-order valence-corrected chi connectivity index (χ0v) is 22.1. The zero-order chi connectivity index (χ0) is 24.8. The lowest BCUT2D eigenvalue weighted by Crippen LogP contribution is -2.51. The second-order valence-electron chi connectivity index (χ2n) is 8.97. The Bertz CT molecular complexity index is 1420. The van der Waals surface area contributed by atoms with Gasteiger partial charge < -0.3 is 9.47 Å². The molecule has 0 N–H and O–H groups in total. The summed E-state index contributed by atoms with van der Waals surface area (Å²) >= 11 is 7.21. The number of carbonyl (C=O) groups is 2. The molecule has 2 unspecified atom stereocenters. The summed E-state index contributed by atoms with van der Waals surface area (Å²) in [7, 11) is 0. The van der Waals surface area contributed by atoms with Crippen LogP contribution in [0.5, 0.6) is 0 Å². The summed E-state index contributed by atoms with van der Waals surface area (Å²) in [6, 6.07) is 30.1. The Morgan fingerprint density at radius 2 is 0.917 bits per heavy atom. The minimum Gasteiger partial charge on any atom is -0.454 e. The number of ether oxygens (including phenoxy) is 2. The van der Waals surface area contributed by atoms with Crippen molar-refractivity contribution in [3.8, 4) is 0 Å². The predicted octanol–water partition coefficient (Wildman–Crippen LogP) is 7.25. The Hall–Kier alpha value is -3.22. The van der Waals surface area contributed by atoms with Crippen molar-refractivity contribution in [2.75, 3.05) is 0 Å². The molecule has 36 heavy (non-hydrogen) atoms. The van der Waals surface area contributed by atoms with E-state index in [-0.39, 0.29) is 11.8 Å². The van der Waals surface area contributed by atoms with Crippen molar-refractivity contribution < 1.29 is 19.1 Å². The maximum Gasteiger partial charge on any atom is 0.338 e. The molecule has 0 radical (unpaired) electrons. The molecular weight excluding hydrogens is 584 g/mol. The fraction of sp³-hybridized carbons (Fsp3) is 0.133. The molecule has 4 nitrogen and oxygen atoms in total. The van der Waals surface area contributed by atoms with Crippen LogP contribution in [-0.2, 0) is 9.47 Å². The molecular formula is C30H20Br2O4. The zero-order valence-electron chi connectivity index (χ0n) is 18.9. The van der Waals surface area contributed by atoms with Crippen LogP contribution < -0.4 is 0 Å². The minimum atomic E-state index is -0.695.